The molecule has 2 N–H and O–H groups in total. The fourth-order valence-corrected chi connectivity index (χ4v) is 3.12. The third-order valence-electron chi connectivity index (χ3n) is 4.19. The smallest absolute Gasteiger partial charge is 0.228 e. The zero-order chi connectivity index (χ0) is 16.4. The van der Waals surface area contributed by atoms with Crippen LogP contribution in [0.5, 0.6) is 0 Å². The number of allylic oxidation sites excluding steroid dienone is 2. The number of benzene rings is 1. The first-order valence-electron chi connectivity index (χ1n) is 7.64. The average molecular weight is 333 g/mol. The number of amides is 2. The first-order chi connectivity index (χ1) is 11.0. The summed E-state index contributed by atoms with van der Waals surface area (Å²) in [5.41, 5.74) is 2.07. The van der Waals surface area contributed by atoms with Gasteiger partial charge in [0.2, 0.25) is 11.8 Å². The van der Waals surface area contributed by atoms with Gasteiger partial charge < -0.3 is 10.6 Å². The van der Waals surface area contributed by atoms with Crippen LogP contribution in [0.1, 0.15) is 32.1 Å². The van der Waals surface area contributed by atoms with Gasteiger partial charge in [0.1, 0.15) is 0 Å². The lowest BCUT2D eigenvalue weighted by Crippen LogP contribution is -2.40. The Kier molecular flexibility index (Phi) is 4.48. The monoisotopic (exact) mass is 332 g/mol. The number of hydrogen-bond donors (Lipinski definition) is 2. The van der Waals surface area contributed by atoms with Crippen molar-refractivity contribution in [3.05, 3.63) is 40.6 Å². The Morgan fingerprint density at radius 1 is 1.22 bits per heavy atom. The van der Waals surface area contributed by atoms with Crippen molar-refractivity contribution in [3.8, 4) is 0 Å². The van der Waals surface area contributed by atoms with Gasteiger partial charge in [-0.25, -0.2) is 0 Å². The van der Waals surface area contributed by atoms with E-state index in [2.05, 4.69) is 10.6 Å². The summed E-state index contributed by atoms with van der Waals surface area (Å²) in [7, 11) is 0. The van der Waals surface area contributed by atoms with Gasteiger partial charge in [-0.1, -0.05) is 11.6 Å². The van der Waals surface area contributed by atoms with Gasteiger partial charge in [0.15, 0.2) is 5.78 Å². The van der Waals surface area contributed by atoms with Crippen molar-refractivity contribution in [3.63, 3.8) is 0 Å². The number of Topliss-reactive ketones (excluding diaryl/α,β-unsaturated/α-hetero) is 1. The fourth-order valence-electron chi connectivity index (χ4n) is 2.99. The highest BCUT2D eigenvalue weighted by Crippen LogP contribution is 2.31. The van der Waals surface area contributed by atoms with Gasteiger partial charge >= 0.3 is 0 Å². The minimum Gasteiger partial charge on any atom is -0.329 e. The van der Waals surface area contributed by atoms with Crippen LogP contribution in [0, 0.1) is 5.92 Å². The first-order valence-corrected chi connectivity index (χ1v) is 8.02. The number of nitrogens with one attached hydrogen (secondary N) is 2. The van der Waals surface area contributed by atoms with Crippen molar-refractivity contribution in [1.82, 2.24) is 5.32 Å². The highest BCUT2D eigenvalue weighted by molar-refractivity contribution is 6.30. The maximum atomic E-state index is 12.1. The van der Waals surface area contributed by atoms with Crippen LogP contribution < -0.4 is 10.6 Å². The van der Waals surface area contributed by atoms with Gasteiger partial charge in [0, 0.05) is 34.8 Å². The van der Waals surface area contributed by atoms with E-state index in [9.17, 15) is 14.4 Å². The molecule has 120 valence electrons. The van der Waals surface area contributed by atoms with E-state index in [0.29, 0.717) is 29.1 Å². The van der Waals surface area contributed by atoms with Gasteiger partial charge in [-0.2, -0.15) is 0 Å². The van der Waals surface area contributed by atoms with Crippen LogP contribution in [-0.2, 0) is 14.4 Å². The minimum atomic E-state index is -0.497. The van der Waals surface area contributed by atoms with E-state index >= 15 is 0 Å². The summed E-state index contributed by atoms with van der Waals surface area (Å²) in [5, 5.41) is 6.13. The third-order valence-corrected chi connectivity index (χ3v) is 4.44. The Morgan fingerprint density at radius 3 is 2.70 bits per heavy atom. The number of ketones is 1. The molecule has 1 aromatic carbocycles. The van der Waals surface area contributed by atoms with Crippen LogP contribution in [0.15, 0.2) is 35.5 Å². The number of hydrogen-bond acceptors (Lipinski definition) is 3. The number of halogens is 1. The lowest BCUT2D eigenvalue weighted by molar-refractivity contribution is -0.129. The molecule has 0 fully saturated rings. The number of carbonyl (C=O) groups excluding carboxylic acids is 3. The van der Waals surface area contributed by atoms with E-state index in [-0.39, 0.29) is 24.0 Å². The summed E-state index contributed by atoms with van der Waals surface area (Å²) in [5.74, 6) is -0.832. The Balaban J connectivity index is 1.64. The average Bonchev–Trinajstić information content (AvgIpc) is 2.51. The molecule has 0 radical (unpaired) electrons. The van der Waals surface area contributed by atoms with Crippen LogP contribution in [-0.4, -0.2) is 17.6 Å². The standard InChI is InChI=1S/C17H17ClN2O3/c18-11-4-6-12(7-5-11)19-16(22)9-10-8-13-14(20-17(10)23)2-1-3-15(13)21/h4-7,10H,1-3,8-9H2,(H,19,22)(H,20,23). The topological polar surface area (TPSA) is 75.3 Å². The van der Waals surface area contributed by atoms with Crippen LogP contribution in [0.3, 0.4) is 0 Å². The zero-order valence-electron chi connectivity index (χ0n) is 12.5. The van der Waals surface area contributed by atoms with Crippen LogP contribution in [0.25, 0.3) is 0 Å². The predicted octanol–water partition coefficient (Wildman–Crippen LogP) is 2.81. The molecule has 1 unspecified atom stereocenters. The van der Waals surface area contributed by atoms with Gasteiger partial charge in [0.25, 0.3) is 0 Å². The molecule has 0 saturated carbocycles. The second kappa shape index (κ2) is 6.54. The van der Waals surface area contributed by atoms with Crippen molar-refractivity contribution in [2.24, 2.45) is 5.92 Å². The van der Waals surface area contributed by atoms with Crippen molar-refractivity contribution < 1.29 is 14.4 Å². The zero-order valence-corrected chi connectivity index (χ0v) is 13.3. The third kappa shape index (κ3) is 3.62. The first kappa shape index (κ1) is 15.7. The molecule has 1 aromatic rings. The number of carbonyl (C=O) groups is 3. The number of anilines is 1. The second-order valence-corrected chi connectivity index (χ2v) is 6.32. The van der Waals surface area contributed by atoms with Crippen molar-refractivity contribution in [2.45, 2.75) is 32.1 Å². The largest absolute Gasteiger partial charge is 0.329 e. The maximum absolute atomic E-state index is 12.1. The molecule has 6 heteroatoms. The summed E-state index contributed by atoms with van der Waals surface area (Å²) < 4.78 is 0. The summed E-state index contributed by atoms with van der Waals surface area (Å²) in [6, 6.07) is 6.77. The Hall–Kier alpha value is -2.14. The van der Waals surface area contributed by atoms with Crippen molar-refractivity contribution in [2.75, 3.05) is 5.32 Å². The van der Waals surface area contributed by atoms with E-state index in [0.717, 1.165) is 18.5 Å². The van der Waals surface area contributed by atoms with Gasteiger partial charge in [-0.05, 0) is 43.5 Å². The molecule has 5 nitrogen and oxygen atoms in total. The maximum Gasteiger partial charge on any atom is 0.228 e. The molecular weight excluding hydrogens is 316 g/mol. The predicted molar refractivity (Wildman–Crippen MR) is 86.8 cm³/mol. The molecule has 0 spiro atoms. The minimum absolute atomic E-state index is 0.0541. The summed E-state index contributed by atoms with van der Waals surface area (Å²) >= 11 is 5.80. The molecule has 23 heavy (non-hydrogen) atoms. The van der Waals surface area contributed by atoms with E-state index in [1.54, 1.807) is 24.3 Å². The molecule has 1 aliphatic heterocycles. The molecule has 3 rings (SSSR count). The summed E-state index contributed by atoms with van der Waals surface area (Å²) in [6.07, 6.45) is 2.45. The molecule has 1 heterocycles. The molecule has 0 bridgehead atoms. The van der Waals surface area contributed by atoms with Crippen LogP contribution >= 0.6 is 11.6 Å². The summed E-state index contributed by atoms with van der Waals surface area (Å²) in [4.78, 5) is 36.2. The molecule has 2 amide bonds. The quantitative estimate of drug-likeness (QED) is 0.893. The Morgan fingerprint density at radius 2 is 1.96 bits per heavy atom. The lowest BCUT2D eigenvalue weighted by atomic mass is 9.83. The van der Waals surface area contributed by atoms with Crippen LogP contribution in [0.4, 0.5) is 5.69 Å². The van der Waals surface area contributed by atoms with Gasteiger partial charge in [0.05, 0.1) is 5.92 Å². The normalized spacial score (nSPS) is 20.8. The Labute approximate surface area is 139 Å². The van der Waals surface area contributed by atoms with Crippen LogP contribution in [0.2, 0.25) is 5.02 Å². The highest BCUT2D eigenvalue weighted by Gasteiger charge is 2.33. The van der Waals surface area contributed by atoms with Gasteiger partial charge in [-0.15, -0.1) is 0 Å². The van der Waals surface area contributed by atoms with E-state index < -0.39 is 5.92 Å². The van der Waals surface area contributed by atoms with Gasteiger partial charge in [-0.3, -0.25) is 14.4 Å². The molecule has 0 saturated heterocycles. The van der Waals surface area contributed by atoms with Crippen molar-refractivity contribution >= 4 is 34.9 Å². The summed E-state index contributed by atoms with van der Waals surface area (Å²) in [6.45, 7) is 0. The SMILES string of the molecule is O=C(CC1CC2=C(CCCC2=O)NC1=O)Nc1ccc(Cl)cc1. The molecule has 1 aliphatic carbocycles. The molecular formula is C17H17ClN2O3. The fraction of sp³-hybridized carbons (Fsp3) is 0.353. The highest BCUT2D eigenvalue weighted by atomic mass is 35.5. The number of rotatable bonds is 3. The second-order valence-electron chi connectivity index (χ2n) is 5.88. The molecule has 2 aliphatic rings. The Bertz CT molecular complexity index is 694. The van der Waals surface area contributed by atoms with E-state index in [1.807, 2.05) is 0 Å². The lowest BCUT2D eigenvalue weighted by Gasteiger charge is -2.29. The van der Waals surface area contributed by atoms with E-state index in [4.69, 9.17) is 11.6 Å². The van der Waals surface area contributed by atoms with E-state index in [1.165, 1.54) is 0 Å². The molecule has 0 aromatic heterocycles. The molecule has 1 atom stereocenters. The van der Waals surface area contributed by atoms with Crippen molar-refractivity contribution in [1.29, 1.82) is 0 Å².